The number of hydrogen-bond acceptors (Lipinski definition) is 12. The minimum absolute atomic E-state index is 0.00906. The molecule has 0 bridgehead atoms. The van der Waals surface area contributed by atoms with Crippen molar-refractivity contribution >= 4 is 11.9 Å². The van der Waals surface area contributed by atoms with Crippen LogP contribution in [0, 0.1) is 17.8 Å². The lowest BCUT2D eigenvalue weighted by molar-refractivity contribution is -0.299. The molecule has 14 atom stereocenters. The topological polar surface area (TPSA) is 190 Å². The molecular weight excluding hydrogens is 588 g/mol. The monoisotopic (exact) mass is 648 g/mol. The predicted molar refractivity (Wildman–Crippen MR) is 166 cm³/mol. The van der Waals surface area contributed by atoms with Gasteiger partial charge in [-0.3, -0.25) is 14.5 Å². The maximum atomic E-state index is 13.3. The number of carbonyl (C=O) groups excluding carboxylic acids is 2. The zero-order chi connectivity index (χ0) is 34.8. The van der Waals surface area contributed by atoms with Gasteiger partial charge in [0.15, 0.2) is 6.29 Å². The van der Waals surface area contributed by atoms with Crippen LogP contribution in [-0.4, -0.2) is 145 Å². The van der Waals surface area contributed by atoms with Crippen LogP contribution in [0.5, 0.6) is 0 Å². The number of β-amino-alcohol motifs (C(OH)–C–C–N with tert-alkyl or cyclic N) is 1. The summed E-state index contributed by atoms with van der Waals surface area (Å²) in [5, 5.41) is 68.3. The third kappa shape index (κ3) is 9.14. The normalized spacial score (nSPS) is 45.0. The number of aliphatic hydroxyl groups is 6. The molecular formula is C32H60N2O11. The molecule has 2 saturated heterocycles. The molecule has 0 aromatic carbocycles. The second-order valence-corrected chi connectivity index (χ2v) is 14.3. The van der Waals surface area contributed by atoms with Gasteiger partial charge in [-0.15, -0.1) is 0 Å². The predicted octanol–water partition coefficient (Wildman–Crippen LogP) is 0.253. The van der Waals surface area contributed by atoms with Crippen LogP contribution in [0.1, 0.15) is 81.6 Å². The van der Waals surface area contributed by atoms with Crippen LogP contribution in [0.2, 0.25) is 0 Å². The number of hydrogen-bond donors (Lipinski definition) is 6. The van der Waals surface area contributed by atoms with E-state index in [2.05, 4.69) is 0 Å². The second kappa shape index (κ2) is 15.7. The molecule has 0 unspecified atom stereocenters. The fourth-order valence-electron chi connectivity index (χ4n) is 6.79. The smallest absolute Gasteiger partial charge is 0.311 e. The first-order chi connectivity index (χ1) is 20.6. The molecule has 0 aliphatic carbocycles. The van der Waals surface area contributed by atoms with E-state index in [1.165, 1.54) is 25.7 Å². The molecule has 0 radical (unpaired) electrons. The van der Waals surface area contributed by atoms with Crippen molar-refractivity contribution < 1.29 is 54.4 Å². The quantitative estimate of drug-likeness (QED) is 0.223. The van der Waals surface area contributed by atoms with Gasteiger partial charge in [-0.2, -0.15) is 0 Å². The Morgan fingerprint density at radius 2 is 1.67 bits per heavy atom. The van der Waals surface area contributed by atoms with Gasteiger partial charge < -0.3 is 49.7 Å². The molecule has 13 heteroatoms. The molecule has 2 aliphatic rings. The van der Waals surface area contributed by atoms with Crippen molar-refractivity contribution in [3.8, 4) is 0 Å². The number of nitrogens with zero attached hydrogens (tertiary/aromatic N) is 2. The minimum Gasteiger partial charge on any atom is -0.459 e. The van der Waals surface area contributed by atoms with Gasteiger partial charge in [0, 0.05) is 37.9 Å². The van der Waals surface area contributed by atoms with Gasteiger partial charge in [-0.1, -0.05) is 27.7 Å². The molecule has 2 rings (SSSR count). The van der Waals surface area contributed by atoms with E-state index in [0.717, 1.165) is 0 Å². The molecule has 0 saturated carbocycles. The highest BCUT2D eigenvalue weighted by Crippen LogP contribution is 2.36. The molecule has 1 amide bonds. The first kappa shape index (κ1) is 39.8. The summed E-state index contributed by atoms with van der Waals surface area (Å²) in [5.41, 5.74) is -3.69. The molecule has 45 heavy (non-hydrogen) atoms. The van der Waals surface area contributed by atoms with E-state index < -0.39 is 90.1 Å². The van der Waals surface area contributed by atoms with Crippen molar-refractivity contribution in [1.29, 1.82) is 0 Å². The Hall–Kier alpha value is -1.42. The average Bonchev–Trinajstić information content (AvgIpc) is 2.95. The Kier molecular flexibility index (Phi) is 13.8. The first-order valence-electron chi connectivity index (χ1n) is 16.2. The van der Waals surface area contributed by atoms with E-state index in [1.54, 1.807) is 60.5 Å². The fourth-order valence-corrected chi connectivity index (χ4v) is 6.79. The maximum absolute atomic E-state index is 13.3. The highest BCUT2D eigenvalue weighted by molar-refractivity contribution is 5.78. The maximum Gasteiger partial charge on any atom is 0.311 e. The molecule has 2 heterocycles. The molecule has 2 fully saturated rings. The van der Waals surface area contributed by atoms with Crippen LogP contribution in [0.15, 0.2) is 0 Å². The Morgan fingerprint density at radius 3 is 2.20 bits per heavy atom. The SMILES string of the molecule is CC[C@H]1OC(=O)[C@H](C)[C@@H](O)[C@H](C)[C@@H](O[C@@H]2O[C@H](C)C[C@H](N(C)C(=O)C(C)C)[C@H]2O)[C@](C)(O)C[C@@H](O)CN(C)[C@H](C)[C@@H](O)[C@]1(C)O. The van der Waals surface area contributed by atoms with Crippen LogP contribution in [-0.2, 0) is 23.8 Å². The summed E-state index contributed by atoms with van der Waals surface area (Å²) in [6.07, 6.45) is -9.14. The molecule has 0 aromatic rings. The number of cyclic esters (lactones) is 1. The molecule has 2 aliphatic heterocycles. The number of amides is 1. The van der Waals surface area contributed by atoms with Gasteiger partial charge in [0.05, 0.1) is 42.0 Å². The van der Waals surface area contributed by atoms with Gasteiger partial charge in [-0.05, 0) is 54.5 Å². The Labute approximate surface area is 268 Å². The standard InChI is InChI=1S/C32H60N2O11/c1-12-23-32(9,42)26(38)20(7)33(10)15-21(35)14-31(8,41)27(18(5)24(36)19(6)29(40)44-23)45-30-25(37)22(13-17(4)43-30)34(11)28(39)16(2)3/h16-27,30,35-38,41-42H,12-15H2,1-11H3/t17-,18+,19-,20-,21-,22+,23-,24+,25-,26-,27-,30+,31-,32-/m1/s1. The summed E-state index contributed by atoms with van der Waals surface area (Å²) in [6, 6.07) is -1.35. The number of carbonyl (C=O) groups is 2. The Bertz CT molecular complexity index is 979. The van der Waals surface area contributed by atoms with Gasteiger partial charge in [-0.25, -0.2) is 0 Å². The Morgan fingerprint density at radius 1 is 1.09 bits per heavy atom. The third-order valence-corrected chi connectivity index (χ3v) is 9.93. The molecule has 0 aromatic heterocycles. The van der Waals surface area contributed by atoms with Crippen LogP contribution in [0.3, 0.4) is 0 Å². The number of ether oxygens (including phenoxy) is 3. The van der Waals surface area contributed by atoms with Crippen molar-refractivity contribution in [3.63, 3.8) is 0 Å². The number of esters is 1. The van der Waals surface area contributed by atoms with E-state index in [1.807, 2.05) is 0 Å². The van der Waals surface area contributed by atoms with E-state index in [-0.39, 0.29) is 31.2 Å². The average molecular weight is 649 g/mol. The molecule has 6 N–H and O–H groups in total. The van der Waals surface area contributed by atoms with Crippen LogP contribution in [0.25, 0.3) is 0 Å². The largest absolute Gasteiger partial charge is 0.459 e. The van der Waals surface area contributed by atoms with Gasteiger partial charge in [0.1, 0.15) is 23.9 Å². The summed E-state index contributed by atoms with van der Waals surface area (Å²) >= 11 is 0. The minimum atomic E-state index is -1.86. The van der Waals surface area contributed by atoms with Crippen molar-refractivity contribution in [1.82, 2.24) is 9.80 Å². The lowest BCUT2D eigenvalue weighted by Crippen LogP contribution is -2.60. The Balaban J connectivity index is 2.53. The van der Waals surface area contributed by atoms with Crippen molar-refractivity contribution in [2.75, 3.05) is 20.6 Å². The van der Waals surface area contributed by atoms with Gasteiger partial charge in [0.2, 0.25) is 5.91 Å². The lowest BCUT2D eigenvalue weighted by Gasteiger charge is -2.47. The second-order valence-electron chi connectivity index (χ2n) is 14.3. The van der Waals surface area contributed by atoms with Crippen molar-refractivity contribution in [3.05, 3.63) is 0 Å². The van der Waals surface area contributed by atoms with Crippen LogP contribution < -0.4 is 0 Å². The van der Waals surface area contributed by atoms with Crippen molar-refractivity contribution in [2.24, 2.45) is 17.8 Å². The number of rotatable bonds is 5. The van der Waals surface area contributed by atoms with Gasteiger partial charge >= 0.3 is 5.97 Å². The van der Waals surface area contributed by atoms with Gasteiger partial charge in [0.25, 0.3) is 0 Å². The third-order valence-electron chi connectivity index (χ3n) is 9.93. The van der Waals surface area contributed by atoms with Crippen LogP contribution >= 0.6 is 0 Å². The summed E-state index contributed by atoms with van der Waals surface area (Å²) in [4.78, 5) is 29.2. The van der Waals surface area contributed by atoms with E-state index in [9.17, 15) is 40.2 Å². The number of aliphatic hydroxyl groups excluding tert-OH is 4. The summed E-state index contributed by atoms with van der Waals surface area (Å²) < 4.78 is 18.0. The highest BCUT2D eigenvalue weighted by Gasteiger charge is 2.50. The molecule has 0 spiro atoms. The highest BCUT2D eigenvalue weighted by atomic mass is 16.7. The molecule has 264 valence electrons. The van der Waals surface area contributed by atoms with Crippen LogP contribution in [0.4, 0.5) is 0 Å². The lowest BCUT2D eigenvalue weighted by atomic mass is 9.79. The number of likely N-dealkylation sites (N-methyl/N-ethyl adjacent to an activating group) is 2. The van der Waals surface area contributed by atoms with Crippen molar-refractivity contribution in [2.45, 2.75) is 154 Å². The van der Waals surface area contributed by atoms with E-state index in [4.69, 9.17) is 14.2 Å². The summed E-state index contributed by atoms with van der Waals surface area (Å²) in [7, 11) is 3.26. The summed E-state index contributed by atoms with van der Waals surface area (Å²) in [5.74, 6) is -3.42. The zero-order valence-electron chi connectivity index (χ0n) is 29.0. The first-order valence-corrected chi connectivity index (χ1v) is 16.2. The zero-order valence-corrected chi connectivity index (χ0v) is 29.0. The van der Waals surface area contributed by atoms with E-state index in [0.29, 0.717) is 6.42 Å². The fraction of sp³-hybridized carbons (Fsp3) is 0.938. The summed E-state index contributed by atoms with van der Waals surface area (Å²) in [6.45, 7) is 14.5. The van der Waals surface area contributed by atoms with E-state index >= 15 is 0 Å². The molecule has 13 nitrogen and oxygen atoms in total.